The average Bonchev–Trinajstić information content (AvgIpc) is 2.33. The molecule has 0 aliphatic rings. The van der Waals surface area contributed by atoms with Crippen LogP contribution in [0.2, 0.25) is 5.02 Å². The van der Waals surface area contributed by atoms with E-state index in [0.29, 0.717) is 11.4 Å². The van der Waals surface area contributed by atoms with E-state index in [1.54, 1.807) is 32.9 Å². The highest BCUT2D eigenvalue weighted by Crippen LogP contribution is 2.12. The van der Waals surface area contributed by atoms with Gasteiger partial charge in [0.15, 0.2) is 0 Å². The molecule has 0 saturated carbocycles. The van der Waals surface area contributed by atoms with Crippen molar-refractivity contribution >= 4 is 23.7 Å². The first kappa shape index (κ1) is 17.3. The van der Waals surface area contributed by atoms with Crippen LogP contribution >= 0.6 is 11.6 Å². The van der Waals surface area contributed by atoms with Crippen molar-refractivity contribution in [1.29, 1.82) is 0 Å². The van der Waals surface area contributed by atoms with E-state index in [9.17, 15) is 9.59 Å². The molecular weight excluding hydrogens is 294 g/mol. The van der Waals surface area contributed by atoms with Gasteiger partial charge in [0.25, 0.3) is 0 Å². The number of benzene rings is 1. The molecule has 0 aromatic heterocycles. The summed E-state index contributed by atoms with van der Waals surface area (Å²) in [5.74, 6) is -1.09. The number of hydrogen-bond acceptors (Lipinski definition) is 3. The predicted octanol–water partition coefficient (Wildman–Crippen LogP) is 3.25. The van der Waals surface area contributed by atoms with Gasteiger partial charge in [0, 0.05) is 5.02 Å². The Kier molecular flexibility index (Phi) is 6.03. The first-order valence-corrected chi connectivity index (χ1v) is 7.02. The molecule has 0 spiro atoms. The van der Waals surface area contributed by atoms with Crippen molar-refractivity contribution < 1.29 is 19.4 Å². The van der Waals surface area contributed by atoms with Gasteiger partial charge in [0.05, 0.1) is 0 Å². The Morgan fingerprint density at radius 3 is 2.33 bits per heavy atom. The topological polar surface area (TPSA) is 75.6 Å². The number of carboxylic acids is 1. The summed E-state index contributed by atoms with van der Waals surface area (Å²) in [5, 5.41) is 12.1. The van der Waals surface area contributed by atoms with E-state index in [1.807, 2.05) is 12.1 Å². The molecule has 0 aliphatic heterocycles. The Morgan fingerprint density at radius 2 is 1.86 bits per heavy atom. The highest BCUT2D eigenvalue weighted by molar-refractivity contribution is 6.30. The summed E-state index contributed by atoms with van der Waals surface area (Å²) in [6.07, 6.45) is 0.0613. The molecule has 0 bridgehead atoms. The molecule has 6 heteroatoms. The molecule has 0 aliphatic carbocycles. The standard InChI is InChI=1S/C15H20ClNO4/c1-15(2,3)21-14(20)17-12(13(18)19)9-6-10-4-7-11(16)8-5-10/h4-5,7-8,12H,6,9H2,1-3H3,(H,17,20)(H,18,19)/t12-/m1/s1. The second-order valence-electron chi connectivity index (χ2n) is 5.70. The molecule has 1 rings (SSSR count). The van der Waals surface area contributed by atoms with Crippen LogP contribution in [0.1, 0.15) is 32.8 Å². The van der Waals surface area contributed by atoms with Gasteiger partial charge in [-0.1, -0.05) is 23.7 Å². The lowest BCUT2D eigenvalue weighted by Gasteiger charge is -2.22. The van der Waals surface area contributed by atoms with E-state index >= 15 is 0 Å². The maximum atomic E-state index is 11.6. The number of carbonyl (C=O) groups is 2. The predicted molar refractivity (Wildman–Crippen MR) is 80.6 cm³/mol. The van der Waals surface area contributed by atoms with Gasteiger partial charge in [-0.25, -0.2) is 9.59 Å². The second kappa shape index (κ2) is 7.31. The summed E-state index contributed by atoms with van der Waals surface area (Å²) in [6, 6.07) is 6.15. The third-order valence-corrected chi connectivity index (χ3v) is 2.88. The number of aryl methyl sites for hydroxylation is 1. The van der Waals surface area contributed by atoms with E-state index in [1.165, 1.54) is 0 Å². The molecule has 1 aromatic rings. The number of ether oxygens (including phenoxy) is 1. The molecule has 21 heavy (non-hydrogen) atoms. The third kappa shape index (κ3) is 6.99. The van der Waals surface area contributed by atoms with Gasteiger partial charge in [0.1, 0.15) is 11.6 Å². The monoisotopic (exact) mass is 313 g/mol. The molecule has 0 fully saturated rings. The van der Waals surface area contributed by atoms with Crippen molar-refractivity contribution in [3.05, 3.63) is 34.9 Å². The molecule has 0 unspecified atom stereocenters. The second-order valence-corrected chi connectivity index (χ2v) is 6.14. The smallest absolute Gasteiger partial charge is 0.408 e. The van der Waals surface area contributed by atoms with Gasteiger partial charge < -0.3 is 15.2 Å². The van der Waals surface area contributed by atoms with Crippen molar-refractivity contribution in [2.75, 3.05) is 0 Å². The van der Waals surface area contributed by atoms with Crippen molar-refractivity contribution in [3.63, 3.8) is 0 Å². The van der Waals surface area contributed by atoms with Gasteiger partial charge in [-0.05, 0) is 51.3 Å². The summed E-state index contributed by atoms with van der Waals surface area (Å²) in [7, 11) is 0. The van der Waals surface area contributed by atoms with E-state index < -0.39 is 23.7 Å². The van der Waals surface area contributed by atoms with Crippen LogP contribution in [-0.4, -0.2) is 28.8 Å². The van der Waals surface area contributed by atoms with Crippen LogP contribution in [-0.2, 0) is 16.0 Å². The number of hydrogen-bond donors (Lipinski definition) is 2. The first-order chi connectivity index (χ1) is 9.67. The molecule has 0 radical (unpaired) electrons. The molecular formula is C15H20ClNO4. The highest BCUT2D eigenvalue weighted by Gasteiger charge is 2.23. The first-order valence-electron chi connectivity index (χ1n) is 6.64. The number of nitrogens with one attached hydrogen (secondary N) is 1. The van der Waals surface area contributed by atoms with E-state index in [-0.39, 0.29) is 6.42 Å². The Morgan fingerprint density at radius 1 is 1.29 bits per heavy atom. The van der Waals surface area contributed by atoms with Crippen molar-refractivity contribution in [2.45, 2.75) is 45.3 Å². The minimum Gasteiger partial charge on any atom is -0.480 e. The minimum absolute atomic E-state index is 0.274. The summed E-state index contributed by atoms with van der Waals surface area (Å²) in [6.45, 7) is 5.15. The zero-order valence-corrected chi connectivity index (χ0v) is 13.1. The van der Waals surface area contributed by atoms with Crippen LogP contribution in [0, 0.1) is 0 Å². The average molecular weight is 314 g/mol. The Bertz CT molecular complexity index is 493. The summed E-state index contributed by atoms with van der Waals surface area (Å²) in [5.41, 5.74) is 0.292. The van der Waals surface area contributed by atoms with Crippen LogP contribution in [0.15, 0.2) is 24.3 Å². The third-order valence-electron chi connectivity index (χ3n) is 2.62. The Labute approximate surface area is 129 Å². The summed E-state index contributed by atoms with van der Waals surface area (Å²) in [4.78, 5) is 22.8. The molecule has 0 heterocycles. The zero-order chi connectivity index (χ0) is 16.0. The number of carbonyl (C=O) groups excluding carboxylic acids is 1. The lowest BCUT2D eigenvalue weighted by molar-refractivity contribution is -0.139. The van der Waals surface area contributed by atoms with Gasteiger partial charge >= 0.3 is 12.1 Å². The maximum absolute atomic E-state index is 11.6. The summed E-state index contributed by atoms with van der Waals surface area (Å²) < 4.78 is 5.06. The summed E-state index contributed by atoms with van der Waals surface area (Å²) >= 11 is 5.79. The maximum Gasteiger partial charge on any atom is 0.408 e. The molecule has 1 amide bonds. The van der Waals surface area contributed by atoms with Gasteiger partial charge in [-0.2, -0.15) is 0 Å². The molecule has 116 valence electrons. The molecule has 5 nitrogen and oxygen atoms in total. The lowest BCUT2D eigenvalue weighted by atomic mass is 10.1. The number of halogens is 1. The SMILES string of the molecule is CC(C)(C)OC(=O)N[C@H](CCc1ccc(Cl)cc1)C(=O)O. The van der Waals surface area contributed by atoms with Crippen LogP contribution < -0.4 is 5.32 Å². The van der Waals surface area contributed by atoms with Crippen LogP contribution in [0.5, 0.6) is 0 Å². The van der Waals surface area contributed by atoms with Gasteiger partial charge in [-0.15, -0.1) is 0 Å². The van der Waals surface area contributed by atoms with Crippen LogP contribution in [0.25, 0.3) is 0 Å². The van der Waals surface area contributed by atoms with Gasteiger partial charge in [-0.3, -0.25) is 0 Å². The number of carboxylic acid groups (broad SMARTS) is 1. The van der Waals surface area contributed by atoms with E-state index in [2.05, 4.69) is 5.32 Å². The van der Waals surface area contributed by atoms with Crippen molar-refractivity contribution in [2.24, 2.45) is 0 Å². The van der Waals surface area contributed by atoms with Crippen LogP contribution in [0.3, 0.4) is 0 Å². The number of aliphatic carboxylic acids is 1. The Balaban J connectivity index is 2.56. The van der Waals surface area contributed by atoms with E-state index in [4.69, 9.17) is 21.4 Å². The molecule has 1 atom stereocenters. The zero-order valence-electron chi connectivity index (χ0n) is 12.4. The lowest BCUT2D eigenvalue weighted by Crippen LogP contribution is -2.43. The fourth-order valence-electron chi connectivity index (χ4n) is 1.67. The van der Waals surface area contributed by atoms with Crippen molar-refractivity contribution in [3.8, 4) is 0 Å². The largest absolute Gasteiger partial charge is 0.480 e. The fourth-order valence-corrected chi connectivity index (χ4v) is 1.80. The van der Waals surface area contributed by atoms with E-state index in [0.717, 1.165) is 5.56 Å². The number of amides is 1. The molecule has 0 saturated heterocycles. The fraction of sp³-hybridized carbons (Fsp3) is 0.467. The highest BCUT2D eigenvalue weighted by atomic mass is 35.5. The van der Waals surface area contributed by atoms with Crippen molar-refractivity contribution in [1.82, 2.24) is 5.32 Å². The quantitative estimate of drug-likeness (QED) is 0.875. The molecule has 2 N–H and O–H groups in total. The normalized spacial score (nSPS) is 12.6. The molecule has 1 aromatic carbocycles. The van der Waals surface area contributed by atoms with Gasteiger partial charge in [0.2, 0.25) is 0 Å². The Hall–Kier alpha value is -1.75. The number of rotatable bonds is 5. The van der Waals surface area contributed by atoms with Crippen LogP contribution in [0.4, 0.5) is 4.79 Å². The minimum atomic E-state index is -1.09. The number of alkyl carbamates (subject to hydrolysis) is 1.